The van der Waals surface area contributed by atoms with Crippen LogP contribution in [0.5, 0.6) is 5.75 Å². The van der Waals surface area contributed by atoms with Crippen molar-refractivity contribution in [2.75, 3.05) is 7.11 Å². The van der Waals surface area contributed by atoms with Gasteiger partial charge in [-0.25, -0.2) is 4.79 Å². The number of hydrogen-bond acceptors (Lipinski definition) is 3. The Kier molecular flexibility index (Phi) is 4.35. The number of carbonyl (C=O) groups excluding carboxylic acids is 1. The number of benzene rings is 1. The summed E-state index contributed by atoms with van der Waals surface area (Å²) in [6, 6.07) is 7.75. The first-order valence-corrected chi connectivity index (χ1v) is 5.39. The van der Waals surface area contributed by atoms with Gasteiger partial charge < -0.3 is 9.47 Å². The fourth-order valence-corrected chi connectivity index (χ4v) is 1.35. The van der Waals surface area contributed by atoms with Crippen molar-refractivity contribution >= 4 is 5.97 Å². The van der Waals surface area contributed by atoms with E-state index in [0.29, 0.717) is 11.7 Å². The number of methoxy groups -OCH3 is 1. The van der Waals surface area contributed by atoms with Gasteiger partial charge >= 0.3 is 5.97 Å². The molecule has 1 rings (SSSR count). The molecule has 88 valence electrons. The summed E-state index contributed by atoms with van der Waals surface area (Å²) in [7, 11) is 1.35. The predicted octanol–water partition coefficient (Wildman–Crippen LogP) is 2.75. The van der Waals surface area contributed by atoms with E-state index in [2.05, 4.69) is 18.6 Å². The highest BCUT2D eigenvalue weighted by molar-refractivity contribution is 5.74. The van der Waals surface area contributed by atoms with Crippen LogP contribution in [0.3, 0.4) is 0 Å². The number of hydrogen-bond donors (Lipinski definition) is 0. The second kappa shape index (κ2) is 5.54. The van der Waals surface area contributed by atoms with Gasteiger partial charge in [-0.05, 0) is 30.5 Å². The maximum absolute atomic E-state index is 11.1. The van der Waals surface area contributed by atoms with Crippen LogP contribution in [0.25, 0.3) is 0 Å². The molecule has 1 aromatic rings. The topological polar surface area (TPSA) is 35.5 Å². The van der Waals surface area contributed by atoms with Crippen LogP contribution in [-0.4, -0.2) is 19.2 Å². The summed E-state index contributed by atoms with van der Waals surface area (Å²) in [5.74, 6) is 0.808. The molecule has 0 bridgehead atoms. The van der Waals surface area contributed by atoms with Gasteiger partial charge in [-0.2, -0.15) is 0 Å². The maximum atomic E-state index is 11.1. The third kappa shape index (κ3) is 3.26. The Morgan fingerprint density at radius 2 is 1.69 bits per heavy atom. The lowest BCUT2D eigenvalue weighted by atomic mass is 10.0. The molecule has 1 atom stereocenters. The van der Waals surface area contributed by atoms with E-state index < -0.39 is 6.10 Å². The average Bonchev–Trinajstić information content (AvgIpc) is 2.28. The first-order valence-electron chi connectivity index (χ1n) is 5.39. The summed E-state index contributed by atoms with van der Waals surface area (Å²) in [5, 5.41) is 0. The standard InChI is InChI=1S/C13H18O3/c1-9(2)11-5-7-12(8-6-11)16-10(3)13(14)15-4/h5-10H,1-4H3/t10-/m1/s1. The Labute approximate surface area is 96.4 Å². The highest BCUT2D eigenvalue weighted by atomic mass is 16.6. The molecule has 0 fully saturated rings. The summed E-state index contributed by atoms with van der Waals surface area (Å²) in [4.78, 5) is 11.1. The van der Waals surface area contributed by atoms with E-state index in [4.69, 9.17) is 4.74 Å². The number of ether oxygens (including phenoxy) is 2. The summed E-state index contributed by atoms with van der Waals surface area (Å²) in [6.45, 7) is 5.93. The van der Waals surface area contributed by atoms with Gasteiger partial charge in [-0.3, -0.25) is 0 Å². The Balaban J connectivity index is 2.65. The van der Waals surface area contributed by atoms with E-state index in [1.165, 1.54) is 12.7 Å². The SMILES string of the molecule is COC(=O)[C@@H](C)Oc1ccc(C(C)C)cc1. The molecule has 3 nitrogen and oxygen atoms in total. The van der Waals surface area contributed by atoms with E-state index in [9.17, 15) is 4.79 Å². The van der Waals surface area contributed by atoms with Crippen molar-refractivity contribution in [3.8, 4) is 5.75 Å². The smallest absolute Gasteiger partial charge is 0.346 e. The normalized spacial score (nSPS) is 12.3. The van der Waals surface area contributed by atoms with Crippen LogP contribution in [0.15, 0.2) is 24.3 Å². The molecule has 3 heteroatoms. The van der Waals surface area contributed by atoms with Crippen molar-refractivity contribution in [1.29, 1.82) is 0 Å². The van der Waals surface area contributed by atoms with E-state index in [-0.39, 0.29) is 5.97 Å². The lowest BCUT2D eigenvalue weighted by Gasteiger charge is -2.13. The van der Waals surface area contributed by atoms with Crippen molar-refractivity contribution in [2.24, 2.45) is 0 Å². The average molecular weight is 222 g/mol. The first kappa shape index (κ1) is 12.6. The van der Waals surface area contributed by atoms with E-state index in [1.807, 2.05) is 24.3 Å². The van der Waals surface area contributed by atoms with Crippen molar-refractivity contribution in [1.82, 2.24) is 0 Å². The monoisotopic (exact) mass is 222 g/mol. The van der Waals surface area contributed by atoms with Gasteiger partial charge in [-0.15, -0.1) is 0 Å². The van der Waals surface area contributed by atoms with Gasteiger partial charge in [0.1, 0.15) is 5.75 Å². The quantitative estimate of drug-likeness (QED) is 0.735. The zero-order chi connectivity index (χ0) is 12.1. The molecule has 0 amide bonds. The molecular weight excluding hydrogens is 204 g/mol. The minimum Gasteiger partial charge on any atom is -0.479 e. The Hall–Kier alpha value is -1.51. The highest BCUT2D eigenvalue weighted by Crippen LogP contribution is 2.19. The molecule has 0 aliphatic rings. The molecule has 16 heavy (non-hydrogen) atoms. The molecule has 0 saturated carbocycles. The largest absolute Gasteiger partial charge is 0.479 e. The van der Waals surface area contributed by atoms with E-state index >= 15 is 0 Å². The lowest BCUT2D eigenvalue weighted by Crippen LogP contribution is -2.24. The Morgan fingerprint density at radius 1 is 1.12 bits per heavy atom. The summed E-state index contributed by atoms with van der Waals surface area (Å²) >= 11 is 0. The fourth-order valence-electron chi connectivity index (χ4n) is 1.35. The van der Waals surface area contributed by atoms with Gasteiger partial charge in [0.05, 0.1) is 7.11 Å². The Bertz CT molecular complexity index is 341. The zero-order valence-electron chi connectivity index (χ0n) is 10.2. The zero-order valence-corrected chi connectivity index (χ0v) is 10.2. The maximum Gasteiger partial charge on any atom is 0.346 e. The van der Waals surface area contributed by atoms with Crippen LogP contribution in [0.1, 0.15) is 32.3 Å². The van der Waals surface area contributed by atoms with Crippen LogP contribution in [0, 0.1) is 0 Å². The molecule has 0 saturated heterocycles. The predicted molar refractivity (Wildman–Crippen MR) is 62.6 cm³/mol. The number of carbonyl (C=O) groups is 1. The first-order chi connectivity index (χ1) is 7.54. The second-order valence-corrected chi connectivity index (χ2v) is 4.01. The lowest BCUT2D eigenvalue weighted by molar-refractivity contribution is -0.147. The van der Waals surface area contributed by atoms with Crippen LogP contribution in [-0.2, 0) is 9.53 Å². The van der Waals surface area contributed by atoms with E-state index in [1.54, 1.807) is 6.92 Å². The molecule has 0 spiro atoms. The van der Waals surface area contributed by atoms with Crippen molar-refractivity contribution < 1.29 is 14.3 Å². The van der Waals surface area contributed by atoms with Crippen LogP contribution >= 0.6 is 0 Å². The molecule has 0 heterocycles. The number of rotatable bonds is 4. The Morgan fingerprint density at radius 3 is 2.12 bits per heavy atom. The van der Waals surface area contributed by atoms with Gasteiger partial charge in [0.15, 0.2) is 6.10 Å². The molecule has 0 aliphatic carbocycles. The molecule has 0 aliphatic heterocycles. The summed E-state index contributed by atoms with van der Waals surface area (Å²) < 4.78 is 10.0. The van der Waals surface area contributed by atoms with Gasteiger partial charge in [0, 0.05) is 0 Å². The van der Waals surface area contributed by atoms with Crippen LogP contribution in [0.4, 0.5) is 0 Å². The van der Waals surface area contributed by atoms with Gasteiger partial charge in [0.25, 0.3) is 0 Å². The molecule has 1 aromatic carbocycles. The van der Waals surface area contributed by atoms with Crippen LogP contribution < -0.4 is 4.74 Å². The van der Waals surface area contributed by atoms with E-state index in [0.717, 1.165) is 0 Å². The minimum absolute atomic E-state index is 0.368. The molecule has 0 N–H and O–H groups in total. The van der Waals surface area contributed by atoms with Crippen LogP contribution in [0.2, 0.25) is 0 Å². The molecule has 0 unspecified atom stereocenters. The van der Waals surface area contributed by atoms with Crippen molar-refractivity contribution in [3.05, 3.63) is 29.8 Å². The molecular formula is C13H18O3. The minimum atomic E-state index is -0.574. The number of esters is 1. The molecule has 0 aromatic heterocycles. The fraction of sp³-hybridized carbons (Fsp3) is 0.462. The van der Waals surface area contributed by atoms with Gasteiger partial charge in [-0.1, -0.05) is 26.0 Å². The molecule has 0 radical (unpaired) electrons. The van der Waals surface area contributed by atoms with Crippen molar-refractivity contribution in [2.45, 2.75) is 32.8 Å². The highest BCUT2D eigenvalue weighted by Gasteiger charge is 2.14. The third-order valence-electron chi connectivity index (χ3n) is 2.39. The second-order valence-electron chi connectivity index (χ2n) is 4.01. The van der Waals surface area contributed by atoms with Gasteiger partial charge in [0.2, 0.25) is 0 Å². The van der Waals surface area contributed by atoms with Crippen molar-refractivity contribution in [3.63, 3.8) is 0 Å². The summed E-state index contributed by atoms with van der Waals surface area (Å²) in [6.07, 6.45) is -0.574. The third-order valence-corrected chi connectivity index (χ3v) is 2.39. The summed E-state index contributed by atoms with van der Waals surface area (Å²) in [5.41, 5.74) is 1.25.